The first-order chi connectivity index (χ1) is 5.75. The van der Waals surface area contributed by atoms with Crippen LogP contribution in [-0.4, -0.2) is 59.8 Å². The Morgan fingerprint density at radius 3 is 1.50 bits per heavy atom. The van der Waals surface area contributed by atoms with Gasteiger partial charge >= 0.3 is 127 Å². The molecule has 0 atom stereocenters. The molecule has 0 aromatic carbocycles. The molecule has 12 heavy (non-hydrogen) atoms. The summed E-state index contributed by atoms with van der Waals surface area (Å²) in [4.78, 5) is 4.93. The average molecular weight is 644 g/mol. The molecule has 0 saturated heterocycles. The molecule has 2 aliphatic rings. The van der Waals surface area contributed by atoms with Gasteiger partial charge in [0.15, 0.2) is 0 Å². The molecule has 0 aliphatic carbocycles. The number of halogens is 2. The second-order valence-electron chi connectivity index (χ2n) is 1.86. The monoisotopic (exact) mass is 647 g/mol. The van der Waals surface area contributed by atoms with Gasteiger partial charge in [-0.05, 0) is 0 Å². The molecule has 0 nitrogen and oxygen atoms in total. The van der Waals surface area contributed by atoms with E-state index < -0.39 is 0 Å². The molecule has 0 amide bonds. The van der Waals surface area contributed by atoms with Gasteiger partial charge in [0, 0.05) is 0 Å². The van der Waals surface area contributed by atoms with E-state index in [2.05, 4.69) is 55.1 Å². The van der Waals surface area contributed by atoms with Crippen molar-refractivity contribution >= 4 is 105 Å². The number of hydrogen-bond donors (Lipinski definition) is 0. The zero-order valence-electron chi connectivity index (χ0n) is 5.54. The van der Waals surface area contributed by atoms with Gasteiger partial charge < -0.3 is 0 Å². The molecular formula is C6H2I2Se4. The van der Waals surface area contributed by atoms with Crippen molar-refractivity contribution in [2.75, 3.05) is 0 Å². The third-order valence-electron chi connectivity index (χ3n) is 1.06. The van der Waals surface area contributed by atoms with Crippen LogP contribution in [0.3, 0.4) is 0 Å². The summed E-state index contributed by atoms with van der Waals surface area (Å²) in [7, 11) is 0. The summed E-state index contributed by atoms with van der Waals surface area (Å²) < 4.78 is 7.00. The predicted octanol–water partition coefficient (Wildman–Crippen LogP) is 1.42. The molecule has 0 radical (unpaired) electrons. The van der Waals surface area contributed by atoms with Gasteiger partial charge in [-0.25, -0.2) is 0 Å². The molecule has 2 aliphatic heterocycles. The Balaban J connectivity index is 2.11. The van der Waals surface area contributed by atoms with E-state index in [0.29, 0.717) is 0 Å². The van der Waals surface area contributed by atoms with Crippen molar-refractivity contribution in [3.05, 3.63) is 21.6 Å². The van der Waals surface area contributed by atoms with Crippen LogP contribution in [0.15, 0.2) is 21.6 Å². The van der Waals surface area contributed by atoms with Crippen molar-refractivity contribution in [2.24, 2.45) is 0 Å². The zero-order valence-corrected chi connectivity index (χ0v) is 16.7. The van der Waals surface area contributed by atoms with E-state index >= 15 is 0 Å². The fraction of sp³-hybridized carbons (Fsp3) is 0. The molecule has 0 bridgehead atoms. The summed E-state index contributed by atoms with van der Waals surface area (Å²) >= 11 is 7.98. The van der Waals surface area contributed by atoms with Crippen molar-refractivity contribution < 1.29 is 0 Å². The van der Waals surface area contributed by atoms with Crippen molar-refractivity contribution in [1.29, 1.82) is 0 Å². The Hall–Kier alpha value is 2.76. The molecule has 64 valence electrons. The van der Waals surface area contributed by atoms with E-state index in [9.17, 15) is 0 Å². The van der Waals surface area contributed by atoms with Crippen LogP contribution in [0.2, 0.25) is 0 Å². The van der Waals surface area contributed by atoms with Crippen molar-refractivity contribution in [3.8, 4) is 0 Å². The second kappa shape index (κ2) is 5.20. The first-order valence-corrected chi connectivity index (χ1v) is 12.2. The third-order valence-corrected chi connectivity index (χ3v) is 20.1. The van der Waals surface area contributed by atoms with Gasteiger partial charge in [0.2, 0.25) is 0 Å². The van der Waals surface area contributed by atoms with E-state index in [-0.39, 0.29) is 0 Å². The third kappa shape index (κ3) is 2.88. The molecule has 0 aromatic rings. The number of rotatable bonds is 0. The molecule has 2 heterocycles. The van der Waals surface area contributed by atoms with E-state index in [1.807, 2.05) is 6.74 Å². The maximum absolute atomic E-state index is 2.50. The number of hydrogen-bond acceptors (Lipinski definition) is 0. The first-order valence-electron chi connectivity index (χ1n) is 2.90. The molecule has 0 N–H and O–H groups in total. The Kier molecular flexibility index (Phi) is 4.87. The minimum absolute atomic E-state index is 0.741. The second-order valence-corrected chi connectivity index (χ2v) is 18.2. The summed E-state index contributed by atoms with van der Waals surface area (Å²) in [6.45, 7) is 0. The Bertz CT molecular complexity index is 275. The molecule has 2 rings (SSSR count). The van der Waals surface area contributed by atoms with Gasteiger partial charge in [-0.3, -0.25) is 0 Å². The normalized spacial score (nSPS) is 29.2. The Labute approximate surface area is 124 Å². The van der Waals surface area contributed by atoms with Gasteiger partial charge in [0.1, 0.15) is 0 Å². The average Bonchev–Trinajstić information content (AvgIpc) is 2.58. The standard InChI is InChI=1S/C6H2I2Se4/c7-3-1-9-5(11-3)6-10-2-4(8)12-6/h1-2H/b6-5-. The summed E-state index contributed by atoms with van der Waals surface area (Å²) in [5.41, 5.74) is 0. The van der Waals surface area contributed by atoms with Crippen LogP contribution in [0.4, 0.5) is 0 Å². The van der Waals surface area contributed by atoms with Crippen LogP contribution in [-0.2, 0) is 0 Å². The van der Waals surface area contributed by atoms with Crippen LogP contribution in [0.5, 0.6) is 0 Å². The fourth-order valence-electron chi connectivity index (χ4n) is 0.653. The van der Waals surface area contributed by atoms with E-state index in [1.54, 1.807) is 4.96 Å². The summed E-state index contributed by atoms with van der Waals surface area (Å²) in [6.07, 6.45) is 0. The maximum atomic E-state index is 2.50. The molecule has 0 saturated carbocycles. The Morgan fingerprint density at radius 1 is 0.833 bits per heavy atom. The van der Waals surface area contributed by atoms with Crippen molar-refractivity contribution in [1.82, 2.24) is 0 Å². The predicted molar refractivity (Wildman–Crippen MR) is 74.2 cm³/mol. The minimum atomic E-state index is 0.741. The SMILES string of the molecule is IC1=C[Se]/C(=C2\[Se]C=C(I)[Se]2)[Se]1. The topological polar surface area (TPSA) is 0 Å². The molecular weight excluding hydrogens is 642 g/mol. The van der Waals surface area contributed by atoms with Gasteiger partial charge in [-0.2, -0.15) is 0 Å². The van der Waals surface area contributed by atoms with Gasteiger partial charge in [0.25, 0.3) is 0 Å². The van der Waals surface area contributed by atoms with Crippen molar-refractivity contribution in [3.63, 3.8) is 0 Å². The van der Waals surface area contributed by atoms with E-state index in [0.717, 1.165) is 59.8 Å². The zero-order chi connectivity index (χ0) is 8.55. The summed E-state index contributed by atoms with van der Waals surface area (Å²) in [5, 5.41) is 0. The first kappa shape index (κ1) is 11.2. The summed E-state index contributed by atoms with van der Waals surface area (Å²) in [5.74, 6) is 0. The molecule has 0 spiro atoms. The van der Waals surface area contributed by atoms with Gasteiger partial charge in [-0.15, -0.1) is 0 Å². The van der Waals surface area contributed by atoms with E-state index in [4.69, 9.17) is 0 Å². The van der Waals surface area contributed by atoms with Crippen LogP contribution in [0.1, 0.15) is 0 Å². The molecule has 0 unspecified atom stereocenters. The quantitative estimate of drug-likeness (QED) is 0.277. The Morgan fingerprint density at radius 2 is 1.25 bits per heavy atom. The van der Waals surface area contributed by atoms with Crippen LogP contribution in [0, 0.1) is 0 Å². The van der Waals surface area contributed by atoms with Crippen LogP contribution in [0.25, 0.3) is 0 Å². The molecule has 0 fully saturated rings. The van der Waals surface area contributed by atoms with Gasteiger partial charge in [-0.1, -0.05) is 0 Å². The molecule has 6 heteroatoms. The van der Waals surface area contributed by atoms with E-state index in [1.165, 1.54) is 0 Å². The van der Waals surface area contributed by atoms with Crippen LogP contribution < -0.4 is 0 Å². The summed E-state index contributed by atoms with van der Waals surface area (Å²) in [6, 6.07) is 0. The van der Waals surface area contributed by atoms with Gasteiger partial charge in [0.05, 0.1) is 0 Å². The fourth-order valence-corrected chi connectivity index (χ4v) is 20.6. The van der Waals surface area contributed by atoms with Crippen LogP contribution >= 0.6 is 45.2 Å². The molecule has 0 aromatic heterocycles. The van der Waals surface area contributed by atoms with Crippen molar-refractivity contribution in [2.45, 2.75) is 0 Å².